The first-order chi connectivity index (χ1) is 17.8. The van der Waals surface area contributed by atoms with E-state index in [9.17, 15) is 18.8 Å². The molecule has 3 N–H and O–H groups in total. The summed E-state index contributed by atoms with van der Waals surface area (Å²) in [6, 6.07) is 9.51. The topological polar surface area (TPSA) is 122 Å². The van der Waals surface area contributed by atoms with E-state index in [0.29, 0.717) is 24.6 Å². The van der Waals surface area contributed by atoms with Gasteiger partial charge in [-0.25, -0.2) is 9.37 Å². The minimum Gasteiger partial charge on any atom is -0.490 e. The molecule has 0 bridgehead atoms. The van der Waals surface area contributed by atoms with Crippen molar-refractivity contribution >= 4 is 34.3 Å². The summed E-state index contributed by atoms with van der Waals surface area (Å²) in [5, 5.41) is 5.92. The summed E-state index contributed by atoms with van der Waals surface area (Å²) in [6.07, 6.45) is 2.29. The molecule has 0 radical (unpaired) electrons. The van der Waals surface area contributed by atoms with Crippen LogP contribution in [-0.2, 0) is 16.1 Å². The summed E-state index contributed by atoms with van der Waals surface area (Å²) in [5.41, 5.74) is 0.262. The highest BCUT2D eigenvalue weighted by molar-refractivity contribution is 6.30. The van der Waals surface area contributed by atoms with E-state index in [0.717, 1.165) is 24.5 Å². The van der Waals surface area contributed by atoms with Gasteiger partial charge >= 0.3 is 0 Å². The van der Waals surface area contributed by atoms with Crippen LogP contribution in [0.15, 0.2) is 41.2 Å². The molecule has 0 saturated carbocycles. The molecule has 2 heterocycles. The summed E-state index contributed by atoms with van der Waals surface area (Å²) in [7, 11) is 0. The highest BCUT2D eigenvalue weighted by Crippen LogP contribution is 2.27. The van der Waals surface area contributed by atoms with Gasteiger partial charge in [0.1, 0.15) is 5.39 Å². The van der Waals surface area contributed by atoms with Crippen molar-refractivity contribution in [3.8, 4) is 5.75 Å². The van der Waals surface area contributed by atoms with Crippen molar-refractivity contribution in [3.63, 3.8) is 0 Å². The van der Waals surface area contributed by atoms with E-state index in [4.69, 9.17) is 21.1 Å². The number of rotatable bonds is 9. The van der Waals surface area contributed by atoms with Gasteiger partial charge < -0.3 is 25.1 Å². The lowest BCUT2D eigenvalue weighted by atomic mass is 9.95. The molecule has 4 rings (SSSR count). The third kappa shape index (κ3) is 7.05. The number of amides is 2. The average Bonchev–Trinajstić information content (AvgIpc) is 2.88. The number of nitrogens with zero attached hydrogens (tertiary/aromatic N) is 1. The van der Waals surface area contributed by atoms with Gasteiger partial charge in [-0.3, -0.25) is 14.4 Å². The number of halogens is 2. The number of nitrogens with one attached hydrogen (secondary N) is 3. The third-order valence-electron chi connectivity index (χ3n) is 6.15. The van der Waals surface area contributed by atoms with Gasteiger partial charge in [0.2, 0.25) is 5.91 Å². The molecule has 2 aromatic carbocycles. The largest absolute Gasteiger partial charge is 0.490 e. The number of fused-ring (bicyclic) bond motifs is 1. The molecular weight excluding hydrogens is 503 g/mol. The van der Waals surface area contributed by atoms with Crippen LogP contribution in [0.1, 0.15) is 42.4 Å². The number of aromatic amines is 1. The van der Waals surface area contributed by atoms with Crippen molar-refractivity contribution in [2.75, 3.05) is 19.8 Å². The maximum atomic E-state index is 14.6. The molecule has 1 aliphatic heterocycles. The monoisotopic (exact) mass is 530 g/mol. The van der Waals surface area contributed by atoms with Gasteiger partial charge in [-0.15, -0.1) is 0 Å². The normalized spacial score (nSPS) is 17.4. The molecule has 1 aliphatic rings. The van der Waals surface area contributed by atoms with Gasteiger partial charge in [0, 0.05) is 31.6 Å². The summed E-state index contributed by atoms with van der Waals surface area (Å²) < 4.78 is 26.1. The van der Waals surface area contributed by atoms with E-state index >= 15 is 0 Å². The molecule has 2 amide bonds. The van der Waals surface area contributed by atoms with E-state index in [2.05, 4.69) is 20.6 Å². The Hall–Kier alpha value is -3.50. The van der Waals surface area contributed by atoms with Gasteiger partial charge in [-0.1, -0.05) is 23.7 Å². The van der Waals surface area contributed by atoms with Gasteiger partial charge in [0.05, 0.1) is 18.2 Å². The van der Waals surface area contributed by atoms with Crippen LogP contribution in [0.5, 0.6) is 5.75 Å². The molecule has 1 aromatic heterocycles. The fourth-order valence-electron chi connectivity index (χ4n) is 4.17. The Kier molecular flexibility index (Phi) is 8.73. The van der Waals surface area contributed by atoms with E-state index in [1.54, 1.807) is 24.3 Å². The zero-order valence-electron chi connectivity index (χ0n) is 20.3. The second-order valence-electron chi connectivity index (χ2n) is 8.97. The molecule has 3 aromatic rings. The molecule has 0 aliphatic carbocycles. The van der Waals surface area contributed by atoms with Crippen molar-refractivity contribution in [3.05, 3.63) is 69.0 Å². The second-order valence-corrected chi connectivity index (χ2v) is 9.41. The minimum atomic E-state index is -0.687. The summed E-state index contributed by atoms with van der Waals surface area (Å²) in [5.74, 6) is -1.53. The molecule has 9 nitrogen and oxygen atoms in total. The molecule has 2 atom stereocenters. The molecule has 0 spiro atoms. The average molecular weight is 531 g/mol. The van der Waals surface area contributed by atoms with Crippen LogP contribution in [0.4, 0.5) is 4.39 Å². The molecule has 1 fully saturated rings. The van der Waals surface area contributed by atoms with Crippen LogP contribution in [0.2, 0.25) is 5.02 Å². The van der Waals surface area contributed by atoms with E-state index in [1.165, 1.54) is 13.0 Å². The summed E-state index contributed by atoms with van der Waals surface area (Å²) in [4.78, 5) is 43.1. The molecular formula is C26H28ClFN4O5. The minimum absolute atomic E-state index is 0.0156. The number of ether oxygens (including phenoxy) is 2. The SMILES string of the molecule is CC(=O)NCC1CCC(CCOc2c(F)ccc3nc(C(=O)NCc4cccc(Cl)c4)[nH]c(=O)c23)CO1. The van der Waals surface area contributed by atoms with Gasteiger partial charge in [-0.2, -0.15) is 0 Å². The van der Waals surface area contributed by atoms with Crippen LogP contribution >= 0.6 is 11.6 Å². The molecule has 11 heteroatoms. The van der Waals surface area contributed by atoms with E-state index in [-0.39, 0.29) is 53.6 Å². The Bertz CT molecular complexity index is 1340. The predicted molar refractivity (Wildman–Crippen MR) is 136 cm³/mol. The number of H-pyrrole nitrogens is 1. The molecule has 1 saturated heterocycles. The standard InChI is InChI=1S/C26H28ClFN4O5/c1-15(33)29-13-19-6-5-16(14-37-19)9-10-36-23-20(28)7-8-21-22(23)25(34)32-24(31-21)26(35)30-12-17-3-2-4-18(27)11-17/h2-4,7-8,11,16,19H,5-6,9-10,12-14H2,1H3,(H,29,33)(H,30,35)(H,31,32,34). The highest BCUT2D eigenvalue weighted by atomic mass is 35.5. The maximum Gasteiger partial charge on any atom is 0.287 e. The van der Waals surface area contributed by atoms with E-state index < -0.39 is 17.3 Å². The number of hydrogen-bond donors (Lipinski definition) is 3. The molecule has 2 unspecified atom stereocenters. The van der Waals surface area contributed by atoms with Crippen LogP contribution in [0, 0.1) is 11.7 Å². The van der Waals surface area contributed by atoms with Crippen LogP contribution in [0.3, 0.4) is 0 Å². The number of carbonyl (C=O) groups is 2. The first kappa shape index (κ1) is 26.6. The quantitative estimate of drug-likeness (QED) is 0.390. The van der Waals surface area contributed by atoms with Gasteiger partial charge in [0.25, 0.3) is 11.5 Å². The fraction of sp³-hybridized carbons (Fsp3) is 0.385. The Morgan fingerprint density at radius 2 is 2.08 bits per heavy atom. The predicted octanol–water partition coefficient (Wildman–Crippen LogP) is 3.35. The maximum absolute atomic E-state index is 14.6. The van der Waals surface area contributed by atoms with Gasteiger partial charge in [0.15, 0.2) is 17.4 Å². The van der Waals surface area contributed by atoms with Gasteiger partial charge in [-0.05, 0) is 55.0 Å². The summed E-state index contributed by atoms with van der Waals surface area (Å²) >= 11 is 5.96. The number of carbonyl (C=O) groups excluding carboxylic acids is 2. The zero-order valence-corrected chi connectivity index (χ0v) is 21.1. The molecule has 37 heavy (non-hydrogen) atoms. The Morgan fingerprint density at radius 1 is 1.24 bits per heavy atom. The second kappa shape index (κ2) is 12.2. The Balaban J connectivity index is 1.38. The Morgan fingerprint density at radius 3 is 2.81 bits per heavy atom. The van der Waals surface area contributed by atoms with E-state index in [1.807, 2.05) is 0 Å². The number of benzene rings is 2. The van der Waals surface area contributed by atoms with Crippen LogP contribution < -0.4 is 20.9 Å². The van der Waals surface area contributed by atoms with Crippen LogP contribution in [-0.4, -0.2) is 47.6 Å². The summed E-state index contributed by atoms with van der Waals surface area (Å²) in [6.45, 7) is 2.84. The first-order valence-electron chi connectivity index (χ1n) is 12.0. The number of aromatic nitrogens is 2. The lowest BCUT2D eigenvalue weighted by molar-refractivity contribution is -0.120. The zero-order chi connectivity index (χ0) is 26.4. The van der Waals surface area contributed by atoms with Crippen molar-refractivity contribution in [2.24, 2.45) is 5.92 Å². The van der Waals surface area contributed by atoms with Crippen molar-refractivity contribution < 1.29 is 23.5 Å². The molecule has 196 valence electrons. The lowest BCUT2D eigenvalue weighted by Crippen LogP contribution is -2.36. The van der Waals surface area contributed by atoms with Crippen molar-refractivity contribution in [1.29, 1.82) is 0 Å². The Labute approximate surface area is 217 Å². The highest BCUT2D eigenvalue weighted by Gasteiger charge is 2.23. The van der Waals surface area contributed by atoms with Crippen molar-refractivity contribution in [1.82, 2.24) is 20.6 Å². The number of hydrogen-bond acceptors (Lipinski definition) is 6. The lowest BCUT2D eigenvalue weighted by Gasteiger charge is -2.29. The third-order valence-corrected chi connectivity index (χ3v) is 6.39. The first-order valence-corrected chi connectivity index (χ1v) is 12.4. The van der Waals surface area contributed by atoms with Crippen molar-refractivity contribution in [2.45, 2.75) is 38.8 Å². The fourth-order valence-corrected chi connectivity index (χ4v) is 4.39. The smallest absolute Gasteiger partial charge is 0.287 e. The van der Waals surface area contributed by atoms with Crippen LogP contribution in [0.25, 0.3) is 10.9 Å².